The third kappa shape index (κ3) is 3.56. The van der Waals surface area contributed by atoms with Gasteiger partial charge in [-0.25, -0.2) is 13.8 Å². The number of aliphatic hydroxyl groups excluding tert-OH is 1. The van der Waals surface area contributed by atoms with Gasteiger partial charge in [-0.3, -0.25) is 4.79 Å². The van der Waals surface area contributed by atoms with Crippen molar-refractivity contribution in [2.24, 2.45) is 0 Å². The molecule has 0 bridgehead atoms. The van der Waals surface area contributed by atoms with Crippen molar-refractivity contribution in [2.45, 2.75) is 25.4 Å². The Balaban J connectivity index is 1.62. The molecule has 0 radical (unpaired) electrons. The van der Waals surface area contributed by atoms with E-state index in [2.05, 4.69) is 4.98 Å². The molecule has 1 aliphatic heterocycles. The predicted molar refractivity (Wildman–Crippen MR) is 77.4 cm³/mol. The minimum absolute atomic E-state index is 0.0748. The normalized spacial score (nSPS) is 17.7. The summed E-state index contributed by atoms with van der Waals surface area (Å²) in [5.41, 5.74) is 0.124. The molecule has 1 amide bonds. The first kappa shape index (κ1) is 15.6. The number of hydrogen-bond acceptors (Lipinski definition) is 4. The molecule has 2 heterocycles. The third-order valence-corrected chi connectivity index (χ3v) is 3.82. The van der Waals surface area contributed by atoms with Gasteiger partial charge in [-0.2, -0.15) is 0 Å². The number of hydrogen-bond donors (Lipinski definition) is 1. The Morgan fingerprint density at radius 2 is 2.26 bits per heavy atom. The van der Waals surface area contributed by atoms with E-state index in [-0.39, 0.29) is 30.1 Å². The molecule has 0 spiro atoms. The Kier molecular flexibility index (Phi) is 4.38. The number of aliphatic hydroxyl groups is 1. The highest BCUT2D eigenvalue weighted by atomic mass is 19.1. The molecule has 1 atom stereocenters. The van der Waals surface area contributed by atoms with Crippen molar-refractivity contribution in [1.82, 2.24) is 9.88 Å². The summed E-state index contributed by atoms with van der Waals surface area (Å²) in [5, 5.41) is 9.42. The Morgan fingerprint density at radius 3 is 2.96 bits per heavy atom. The lowest BCUT2D eigenvalue weighted by Crippen LogP contribution is -2.29. The summed E-state index contributed by atoms with van der Waals surface area (Å²) in [6, 6.07) is 3.20. The van der Waals surface area contributed by atoms with Crippen LogP contribution in [-0.4, -0.2) is 40.1 Å². The van der Waals surface area contributed by atoms with E-state index in [1.807, 2.05) is 0 Å². The third-order valence-electron chi connectivity index (χ3n) is 3.82. The van der Waals surface area contributed by atoms with E-state index in [0.717, 1.165) is 12.1 Å². The van der Waals surface area contributed by atoms with Gasteiger partial charge in [-0.1, -0.05) is 0 Å². The van der Waals surface area contributed by atoms with Crippen LogP contribution in [0.4, 0.5) is 8.78 Å². The van der Waals surface area contributed by atoms with E-state index in [0.29, 0.717) is 25.4 Å². The molecule has 1 saturated heterocycles. The van der Waals surface area contributed by atoms with Gasteiger partial charge in [0.2, 0.25) is 5.91 Å². The molecule has 0 unspecified atom stereocenters. The van der Waals surface area contributed by atoms with Crippen molar-refractivity contribution in [3.63, 3.8) is 0 Å². The Hall–Kier alpha value is -2.28. The summed E-state index contributed by atoms with van der Waals surface area (Å²) >= 11 is 0. The highest BCUT2D eigenvalue weighted by Crippen LogP contribution is 2.24. The Labute approximate surface area is 131 Å². The fraction of sp³-hybridized carbons (Fsp3) is 0.375. The zero-order chi connectivity index (χ0) is 16.4. The zero-order valence-corrected chi connectivity index (χ0v) is 12.3. The maximum Gasteiger partial charge on any atom is 0.223 e. The molecule has 7 heteroatoms. The first-order chi connectivity index (χ1) is 11.0. The average Bonchev–Trinajstić information content (AvgIpc) is 3.14. The lowest BCUT2D eigenvalue weighted by atomic mass is 10.2. The molecule has 0 saturated carbocycles. The molecule has 1 fully saturated rings. The average molecular weight is 322 g/mol. The van der Waals surface area contributed by atoms with Gasteiger partial charge in [0.15, 0.2) is 11.7 Å². The summed E-state index contributed by atoms with van der Waals surface area (Å²) in [7, 11) is 0. The van der Waals surface area contributed by atoms with Crippen LogP contribution >= 0.6 is 0 Å². The number of amides is 1. The first-order valence-electron chi connectivity index (χ1n) is 7.39. The number of nitrogens with zero attached hydrogens (tertiary/aromatic N) is 2. The smallest absolute Gasteiger partial charge is 0.223 e. The van der Waals surface area contributed by atoms with E-state index in [1.165, 1.54) is 12.3 Å². The summed E-state index contributed by atoms with van der Waals surface area (Å²) in [6.45, 7) is 0.911. The summed E-state index contributed by atoms with van der Waals surface area (Å²) < 4.78 is 32.0. The Bertz CT molecular complexity index is 717. The minimum Gasteiger partial charge on any atom is -0.441 e. The molecule has 5 nitrogen and oxygen atoms in total. The Morgan fingerprint density at radius 1 is 1.43 bits per heavy atom. The number of oxazole rings is 1. The van der Waals surface area contributed by atoms with Gasteiger partial charge in [0.1, 0.15) is 11.6 Å². The predicted octanol–water partition coefficient (Wildman–Crippen LogP) is 2.15. The van der Waals surface area contributed by atoms with Crippen molar-refractivity contribution >= 4 is 5.91 Å². The number of β-amino-alcohol motifs (C(OH)–C–C–N with tert-alkyl or cyclic N) is 1. The second kappa shape index (κ2) is 6.45. The number of benzene rings is 1. The van der Waals surface area contributed by atoms with Crippen LogP contribution in [0.2, 0.25) is 0 Å². The summed E-state index contributed by atoms with van der Waals surface area (Å²) in [5.74, 6) is -0.952. The van der Waals surface area contributed by atoms with Crippen LogP contribution in [0.5, 0.6) is 0 Å². The SMILES string of the molecule is O=C(CCc1ncc(-c2ccc(F)cc2F)o1)N1CC[C@@H](O)C1. The van der Waals surface area contributed by atoms with Crippen molar-refractivity contribution in [2.75, 3.05) is 13.1 Å². The highest BCUT2D eigenvalue weighted by molar-refractivity contribution is 5.76. The number of carbonyl (C=O) groups excluding carboxylic acids is 1. The van der Waals surface area contributed by atoms with Crippen LogP contribution in [0.25, 0.3) is 11.3 Å². The number of aryl methyl sites for hydroxylation is 1. The van der Waals surface area contributed by atoms with Gasteiger partial charge >= 0.3 is 0 Å². The number of rotatable bonds is 4. The summed E-state index contributed by atoms with van der Waals surface area (Å²) in [4.78, 5) is 17.6. The molecule has 1 aromatic heterocycles. The maximum atomic E-state index is 13.7. The van der Waals surface area contributed by atoms with E-state index in [4.69, 9.17) is 4.42 Å². The van der Waals surface area contributed by atoms with Crippen molar-refractivity contribution in [3.05, 3.63) is 41.9 Å². The van der Waals surface area contributed by atoms with E-state index >= 15 is 0 Å². The molecule has 3 rings (SSSR count). The van der Waals surface area contributed by atoms with Crippen molar-refractivity contribution < 1.29 is 23.1 Å². The van der Waals surface area contributed by atoms with E-state index in [9.17, 15) is 18.7 Å². The quantitative estimate of drug-likeness (QED) is 0.936. The fourth-order valence-electron chi connectivity index (χ4n) is 2.58. The van der Waals surface area contributed by atoms with Crippen LogP contribution < -0.4 is 0 Å². The molecule has 23 heavy (non-hydrogen) atoms. The monoisotopic (exact) mass is 322 g/mol. The zero-order valence-electron chi connectivity index (χ0n) is 12.3. The van der Waals surface area contributed by atoms with Gasteiger partial charge in [0.25, 0.3) is 0 Å². The molecule has 1 aromatic carbocycles. The summed E-state index contributed by atoms with van der Waals surface area (Å²) in [6.07, 6.45) is 2.00. The van der Waals surface area contributed by atoms with Gasteiger partial charge in [-0.15, -0.1) is 0 Å². The number of aromatic nitrogens is 1. The molecular formula is C16H16F2N2O3. The van der Waals surface area contributed by atoms with Gasteiger partial charge in [-0.05, 0) is 18.6 Å². The molecule has 0 aliphatic carbocycles. The minimum atomic E-state index is -0.727. The van der Waals surface area contributed by atoms with Crippen LogP contribution in [-0.2, 0) is 11.2 Å². The standard InChI is InChI=1S/C16H16F2N2O3/c17-10-1-2-12(13(18)7-10)14-8-19-15(23-14)3-4-16(22)20-6-5-11(21)9-20/h1-2,7-8,11,21H,3-6,9H2/t11-/m1/s1. The van der Waals surface area contributed by atoms with Crippen molar-refractivity contribution in [1.29, 1.82) is 0 Å². The van der Waals surface area contributed by atoms with E-state index < -0.39 is 17.7 Å². The molecular weight excluding hydrogens is 306 g/mol. The fourth-order valence-corrected chi connectivity index (χ4v) is 2.58. The molecule has 1 N–H and O–H groups in total. The lowest BCUT2D eigenvalue weighted by Gasteiger charge is -2.14. The van der Waals surface area contributed by atoms with Crippen LogP contribution in [0.1, 0.15) is 18.7 Å². The van der Waals surface area contributed by atoms with Crippen molar-refractivity contribution in [3.8, 4) is 11.3 Å². The first-order valence-corrected chi connectivity index (χ1v) is 7.39. The van der Waals surface area contributed by atoms with Gasteiger partial charge < -0.3 is 14.4 Å². The van der Waals surface area contributed by atoms with Crippen LogP contribution in [0, 0.1) is 11.6 Å². The number of halogens is 2. The van der Waals surface area contributed by atoms with Crippen LogP contribution in [0.15, 0.2) is 28.8 Å². The molecule has 122 valence electrons. The molecule has 2 aromatic rings. The lowest BCUT2D eigenvalue weighted by molar-refractivity contribution is -0.130. The number of likely N-dealkylation sites (tertiary alicyclic amines) is 1. The highest BCUT2D eigenvalue weighted by Gasteiger charge is 2.24. The maximum absolute atomic E-state index is 13.7. The van der Waals surface area contributed by atoms with Crippen LogP contribution in [0.3, 0.4) is 0 Å². The van der Waals surface area contributed by atoms with Gasteiger partial charge in [0.05, 0.1) is 17.9 Å². The largest absolute Gasteiger partial charge is 0.441 e. The van der Waals surface area contributed by atoms with Gasteiger partial charge in [0, 0.05) is 32.0 Å². The topological polar surface area (TPSA) is 66.6 Å². The number of carbonyl (C=O) groups is 1. The van der Waals surface area contributed by atoms with E-state index in [1.54, 1.807) is 4.90 Å². The second-order valence-corrected chi connectivity index (χ2v) is 5.52. The molecule has 1 aliphatic rings. The second-order valence-electron chi connectivity index (χ2n) is 5.52.